The highest BCUT2D eigenvalue weighted by Gasteiger charge is 2.55. The summed E-state index contributed by atoms with van der Waals surface area (Å²) in [7, 11) is 0. The Morgan fingerprint density at radius 1 is 1.04 bits per heavy atom. The summed E-state index contributed by atoms with van der Waals surface area (Å²) >= 11 is 0. The Bertz CT molecular complexity index is 969. The first-order valence-corrected chi connectivity index (χ1v) is 9.08. The number of carboxylic acid groups (broad SMARTS) is 1. The number of carbonyl (C=O) groups excluding carboxylic acids is 1. The fourth-order valence-corrected chi connectivity index (χ4v) is 3.59. The van der Waals surface area contributed by atoms with E-state index in [1.54, 1.807) is 43.3 Å². The van der Waals surface area contributed by atoms with E-state index in [4.69, 9.17) is 4.74 Å². The molecular formula is C22H24NO5+. The van der Waals surface area contributed by atoms with Crippen LogP contribution in [-0.2, 0) is 9.53 Å². The van der Waals surface area contributed by atoms with E-state index in [1.165, 1.54) is 6.20 Å². The maximum Gasteiger partial charge on any atom is 0.523 e. The zero-order valence-electron chi connectivity index (χ0n) is 16.4. The second-order valence-electron chi connectivity index (χ2n) is 7.72. The summed E-state index contributed by atoms with van der Waals surface area (Å²) in [6, 6.07) is 12.1. The van der Waals surface area contributed by atoms with Crippen molar-refractivity contribution >= 4 is 23.3 Å². The average molecular weight is 382 g/mol. The van der Waals surface area contributed by atoms with Crippen molar-refractivity contribution in [3.05, 3.63) is 54.2 Å². The molecule has 6 nitrogen and oxygen atoms in total. The molecule has 28 heavy (non-hydrogen) atoms. The number of phenols is 1. The number of hydrogen-bond donors (Lipinski definition) is 2. The molecule has 0 aliphatic carbocycles. The van der Waals surface area contributed by atoms with Gasteiger partial charge in [0.15, 0.2) is 5.69 Å². The zero-order valence-corrected chi connectivity index (χ0v) is 16.4. The number of aromatic hydroxyl groups is 1. The molecule has 0 aromatic heterocycles. The van der Waals surface area contributed by atoms with E-state index < -0.39 is 22.1 Å². The van der Waals surface area contributed by atoms with Gasteiger partial charge in [0.25, 0.3) is 0 Å². The Balaban J connectivity index is 2.26. The summed E-state index contributed by atoms with van der Waals surface area (Å²) < 4.78 is 4.65. The number of quaternary nitrogens is 1. The Kier molecular flexibility index (Phi) is 4.77. The van der Waals surface area contributed by atoms with Gasteiger partial charge in [-0.3, -0.25) is 0 Å². The lowest BCUT2D eigenvalue weighted by molar-refractivity contribution is -0.136. The van der Waals surface area contributed by atoms with Gasteiger partial charge in [-0.2, -0.15) is 9.28 Å². The third-order valence-electron chi connectivity index (χ3n) is 5.05. The lowest BCUT2D eigenvalue weighted by Crippen LogP contribution is -2.60. The first kappa shape index (κ1) is 19.6. The van der Waals surface area contributed by atoms with E-state index in [9.17, 15) is 19.8 Å². The molecule has 3 rings (SSSR count). The van der Waals surface area contributed by atoms with Crippen LogP contribution in [0.1, 0.15) is 33.3 Å². The monoisotopic (exact) mass is 382 g/mol. The number of esters is 1. The van der Waals surface area contributed by atoms with Crippen LogP contribution in [0, 0.1) is 0 Å². The van der Waals surface area contributed by atoms with Gasteiger partial charge in [0.05, 0.1) is 12.2 Å². The third-order valence-corrected chi connectivity index (χ3v) is 5.05. The molecule has 0 fully saturated rings. The number of amides is 1. The van der Waals surface area contributed by atoms with Crippen molar-refractivity contribution in [1.29, 1.82) is 0 Å². The number of fused-ring (bicyclic) bond motifs is 1. The minimum Gasteiger partial charge on any atom is -0.508 e. The number of benzene rings is 2. The molecule has 2 aromatic carbocycles. The van der Waals surface area contributed by atoms with E-state index in [0.717, 1.165) is 11.1 Å². The predicted molar refractivity (Wildman–Crippen MR) is 108 cm³/mol. The highest BCUT2D eigenvalue weighted by Crippen LogP contribution is 2.48. The Labute approximate surface area is 163 Å². The molecule has 0 radical (unpaired) electrons. The van der Waals surface area contributed by atoms with E-state index in [2.05, 4.69) is 0 Å². The molecular weight excluding hydrogens is 358 g/mol. The maximum absolute atomic E-state index is 12.5. The molecule has 1 heterocycles. The molecule has 1 atom stereocenters. The van der Waals surface area contributed by atoms with E-state index in [1.807, 2.05) is 26.8 Å². The van der Waals surface area contributed by atoms with Crippen molar-refractivity contribution < 1.29 is 24.5 Å². The number of carbonyl (C=O) groups is 2. The van der Waals surface area contributed by atoms with Crippen molar-refractivity contribution in [3.63, 3.8) is 0 Å². The van der Waals surface area contributed by atoms with Crippen LogP contribution in [-0.4, -0.2) is 34.4 Å². The molecule has 0 spiro atoms. The number of phenolic OH excluding ortho intramolecular Hbond substituents is 1. The van der Waals surface area contributed by atoms with Crippen molar-refractivity contribution in [1.82, 2.24) is 4.48 Å². The fraction of sp³-hybridized carbons (Fsp3) is 0.273. The largest absolute Gasteiger partial charge is 0.523 e. The molecule has 146 valence electrons. The van der Waals surface area contributed by atoms with Gasteiger partial charge < -0.3 is 14.9 Å². The van der Waals surface area contributed by atoms with Gasteiger partial charge in [0.2, 0.25) is 0 Å². The van der Waals surface area contributed by atoms with Gasteiger partial charge >= 0.3 is 12.1 Å². The van der Waals surface area contributed by atoms with Gasteiger partial charge in [0.1, 0.15) is 23.1 Å². The van der Waals surface area contributed by atoms with Gasteiger partial charge in [-0.1, -0.05) is 18.2 Å². The quantitative estimate of drug-likeness (QED) is 0.591. The van der Waals surface area contributed by atoms with E-state index in [-0.39, 0.29) is 17.9 Å². The molecule has 1 unspecified atom stereocenters. The topological polar surface area (TPSA) is 83.8 Å². The molecule has 1 aliphatic rings. The van der Waals surface area contributed by atoms with Gasteiger partial charge in [0, 0.05) is 6.07 Å². The van der Waals surface area contributed by atoms with Crippen molar-refractivity contribution in [2.75, 3.05) is 6.61 Å². The highest BCUT2D eigenvalue weighted by atomic mass is 16.5. The number of rotatable bonds is 3. The molecule has 6 heteroatoms. The molecule has 2 N–H and O–H groups in total. The standard InChI is InChI=1S/C22H23NO5/c1-5-28-20(25)18-13-23(21(26)27,22(2,3)4)19-12-15(8-11-17(18)19)14-6-9-16(24)10-7-14/h6-13H,5H2,1-4H3,(H-,24,26,27)/p+1. The van der Waals surface area contributed by atoms with Crippen molar-refractivity contribution in [3.8, 4) is 16.9 Å². The minimum absolute atomic E-state index is 0.154. The van der Waals surface area contributed by atoms with Crippen LogP contribution in [0.5, 0.6) is 5.75 Å². The summed E-state index contributed by atoms with van der Waals surface area (Å²) in [5, 5.41) is 19.7. The fourth-order valence-electron chi connectivity index (χ4n) is 3.59. The summed E-state index contributed by atoms with van der Waals surface area (Å²) in [6.07, 6.45) is 0.405. The highest BCUT2D eigenvalue weighted by molar-refractivity contribution is 6.21. The zero-order chi connectivity index (χ0) is 20.7. The lowest BCUT2D eigenvalue weighted by Gasteiger charge is -2.38. The van der Waals surface area contributed by atoms with Crippen LogP contribution in [0.3, 0.4) is 0 Å². The van der Waals surface area contributed by atoms with Crippen LogP contribution in [0.4, 0.5) is 10.5 Å². The third kappa shape index (κ3) is 2.96. The molecule has 0 saturated carbocycles. The molecule has 1 aliphatic heterocycles. The van der Waals surface area contributed by atoms with Crippen LogP contribution >= 0.6 is 0 Å². The summed E-state index contributed by atoms with van der Waals surface area (Å²) in [4.78, 5) is 25.0. The molecule has 2 aromatic rings. The summed E-state index contributed by atoms with van der Waals surface area (Å²) in [5.74, 6) is -0.381. The summed E-state index contributed by atoms with van der Waals surface area (Å²) in [6.45, 7) is 7.39. The second kappa shape index (κ2) is 6.80. The molecule has 1 amide bonds. The molecule has 0 saturated heterocycles. The van der Waals surface area contributed by atoms with Crippen LogP contribution < -0.4 is 4.48 Å². The smallest absolute Gasteiger partial charge is 0.508 e. The van der Waals surface area contributed by atoms with Crippen molar-refractivity contribution in [2.24, 2.45) is 0 Å². The first-order valence-electron chi connectivity index (χ1n) is 9.08. The summed E-state index contributed by atoms with van der Waals surface area (Å²) in [5.41, 5.74) is 2.20. The van der Waals surface area contributed by atoms with Crippen molar-refractivity contribution in [2.45, 2.75) is 33.2 Å². The Hall–Kier alpha value is -3.12. The number of ether oxygens (including phenoxy) is 1. The normalized spacial score (nSPS) is 18.4. The predicted octanol–water partition coefficient (Wildman–Crippen LogP) is 4.76. The number of nitrogens with zero attached hydrogens (tertiary/aromatic N) is 1. The van der Waals surface area contributed by atoms with Gasteiger partial charge in [-0.15, -0.1) is 0 Å². The first-order chi connectivity index (χ1) is 13.1. The Morgan fingerprint density at radius 3 is 2.18 bits per heavy atom. The lowest BCUT2D eigenvalue weighted by atomic mass is 9.97. The minimum atomic E-state index is -1.07. The Morgan fingerprint density at radius 2 is 1.64 bits per heavy atom. The maximum atomic E-state index is 12.5. The van der Waals surface area contributed by atoms with Crippen LogP contribution in [0.15, 0.2) is 48.7 Å². The SMILES string of the molecule is CCOC(=O)C1=C[N+](C(=O)O)(C(C)(C)C)c2cc(-c3ccc(O)cc3)ccc21. The van der Waals surface area contributed by atoms with E-state index in [0.29, 0.717) is 11.3 Å². The number of hydrogen-bond acceptors (Lipinski definition) is 4. The van der Waals surface area contributed by atoms with Crippen LogP contribution in [0.25, 0.3) is 16.7 Å². The van der Waals surface area contributed by atoms with Gasteiger partial charge in [-0.25, -0.2) is 4.79 Å². The van der Waals surface area contributed by atoms with Gasteiger partial charge in [-0.05, 0) is 57.0 Å². The molecule has 0 bridgehead atoms. The average Bonchev–Trinajstić information content (AvgIpc) is 2.98. The second-order valence-corrected chi connectivity index (χ2v) is 7.72. The van der Waals surface area contributed by atoms with E-state index >= 15 is 0 Å². The van der Waals surface area contributed by atoms with Crippen LogP contribution in [0.2, 0.25) is 0 Å².